The molecule has 0 aromatic heterocycles. The predicted octanol–water partition coefficient (Wildman–Crippen LogP) is 4.86. The number of carbonyl (C=O) groups is 1. The Hall–Kier alpha value is -1.84. The number of piperidine rings is 1. The molecule has 1 aromatic rings. The van der Waals surface area contributed by atoms with Crippen molar-refractivity contribution in [3.63, 3.8) is 0 Å². The number of nitrogens with zero attached hydrogens (tertiary/aromatic N) is 2. The van der Waals surface area contributed by atoms with Crippen molar-refractivity contribution in [1.82, 2.24) is 4.90 Å². The van der Waals surface area contributed by atoms with Gasteiger partial charge in [0, 0.05) is 30.6 Å². The normalized spacial score (nSPS) is 20.8. The van der Waals surface area contributed by atoms with Crippen molar-refractivity contribution in [3.05, 3.63) is 35.9 Å². The summed E-state index contributed by atoms with van der Waals surface area (Å²) in [5.74, 6) is 0. The van der Waals surface area contributed by atoms with Gasteiger partial charge in [-0.1, -0.05) is 44.2 Å². The van der Waals surface area contributed by atoms with Gasteiger partial charge in [0.15, 0.2) is 0 Å². The molecule has 0 saturated carbocycles. The first-order valence-corrected chi connectivity index (χ1v) is 8.68. The van der Waals surface area contributed by atoms with Crippen LogP contribution >= 0.6 is 0 Å². The van der Waals surface area contributed by atoms with Gasteiger partial charge in [-0.05, 0) is 33.3 Å². The quantitative estimate of drug-likeness (QED) is 0.777. The Bertz CT molecular complexity index is 600. The molecule has 2 rings (SSSR count). The van der Waals surface area contributed by atoms with Crippen molar-refractivity contribution in [1.29, 1.82) is 0 Å². The maximum absolute atomic E-state index is 12.3. The van der Waals surface area contributed by atoms with Crippen LogP contribution < -0.4 is 0 Å². The first-order valence-electron chi connectivity index (χ1n) is 8.68. The molecular formula is C20H30N2O2. The van der Waals surface area contributed by atoms with E-state index in [4.69, 9.17) is 9.73 Å². The van der Waals surface area contributed by atoms with E-state index in [2.05, 4.69) is 32.9 Å². The van der Waals surface area contributed by atoms with Crippen molar-refractivity contribution < 1.29 is 9.53 Å². The zero-order valence-corrected chi connectivity index (χ0v) is 15.8. The van der Waals surface area contributed by atoms with Crippen molar-refractivity contribution in [2.45, 2.75) is 59.6 Å². The Balaban J connectivity index is 2.08. The number of aliphatic imine (C=N–C) groups is 1. The lowest BCUT2D eigenvalue weighted by atomic mass is 9.81. The Morgan fingerprint density at radius 2 is 1.88 bits per heavy atom. The molecule has 4 heteroatoms. The van der Waals surface area contributed by atoms with E-state index in [9.17, 15) is 4.79 Å². The summed E-state index contributed by atoms with van der Waals surface area (Å²) in [4.78, 5) is 19.1. The van der Waals surface area contributed by atoms with Crippen LogP contribution in [0.2, 0.25) is 0 Å². The molecule has 4 nitrogen and oxygen atoms in total. The van der Waals surface area contributed by atoms with Crippen LogP contribution in [-0.2, 0) is 4.74 Å². The van der Waals surface area contributed by atoms with E-state index in [1.807, 2.05) is 39.0 Å². The summed E-state index contributed by atoms with van der Waals surface area (Å²) in [5, 5.41) is 0. The highest BCUT2D eigenvalue weighted by molar-refractivity contribution is 5.92. The van der Waals surface area contributed by atoms with Crippen LogP contribution in [0.4, 0.5) is 4.79 Å². The van der Waals surface area contributed by atoms with Crippen LogP contribution in [0.25, 0.3) is 0 Å². The van der Waals surface area contributed by atoms with Gasteiger partial charge in [-0.25, -0.2) is 4.79 Å². The SMILES string of the molecule is CC(/N=C1\CCN(C(=O)OC(C)(C)C)CC1(C)C)c1ccccc1. The lowest BCUT2D eigenvalue weighted by Gasteiger charge is -2.40. The molecule has 0 radical (unpaired) electrons. The van der Waals surface area contributed by atoms with Crippen LogP contribution in [0, 0.1) is 5.41 Å². The van der Waals surface area contributed by atoms with E-state index in [0.717, 1.165) is 6.42 Å². The molecule has 1 atom stereocenters. The molecular weight excluding hydrogens is 300 g/mol. The summed E-state index contributed by atoms with van der Waals surface area (Å²) < 4.78 is 5.50. The van der Waals surface area contributed by atoms with Gasteiger partial charge in [0.1, 0.15) is 5.60 Å². The first-order chi connectivity index (χ1) is 11.1. The van der Waals surface area contributed by atoms with Gasteiger partial charge >= 0.3 is 6.09 Å². The molecule has 1 aromatic carbocycles. The van der Waals surface area contributed by atoms with Crippen LogP contribution in [0.3, 0.4) is 0 Å². The highest BCUT2D eigenvalue weighted by Gasteiger charge is 2.36. The molecule has 1 saturated heterocycles. The summed E-state index contributed by atoms with van der Waals surface area (Å²) in [7, 11) is 0. The van der Waals surface area contributed by atoms with E-state index < -0.39 is 5.60 Å². The largest absolute Gasteiger partial charge is 0.444 e. The topological polar surface area (TPSA) is 41.9 Å². The maximum atomic E-state index is 12.3. The van der Waals surface area contributed by atoms with Crippen molar-refractivity contribution >= 4 is 11.8 Å². The minimum atomic E-state index is -0.461. The van der Waals surface area contributed by atoms with Crippen molar-refractivity contribution in [3.8, 4) is 0 Å². The Kier molecular flexibility index (Phi) is 5.36. The molecule has 0 N–H and O–H groups in total. The smallest absolute Gasteiger partial charge is 0.410 e. The fourth-order valence-corrected chi connectivity index (χ4v) is 2.99. The highest BCUT2D eigenvalue weighted by atomic mass is 16.6. The lowest BCUT2D eigenvalue weighted by molar-refractivity contribution is 0.0192. The number of benzene rings is 1. The number of hydrogen-bond donors (Lipinski definition) is 0. The average molecular weight is 330 g/mol. The minimum absolute atomic E-state index is 0.133. The van der Waals surface area contributed by atoms with E-state index in [0.29, 0.717) is 13.1 Å². The average Bonchev–Trinajstić information content (AvgIpc) is 2.48. The van der Waals surface area contributed by atoms with Crippen LogP contribution in [-0.4, -0.2) is 35.4 Å². The third-order valence-electron chi connectivity index (χ3n) is 4.27. The second-order valence-electron chi connectivity index (χ2n) is 8.20. The van der Waals surface area contributed by atoms with Gasteiger partial charge in [0.2, 0.25) is 0 Å². The molecule has 0 aliphatic carbocycles. The third kappa shape index (κ3) is 4.83. The van der Waals surface area contributed by atoms with Gasteiger partial charge in [-0.15, -0.1) is 0 Å². The second-order valence-corrected chi connectivity index (χ2v) is 8.20. The van der Waals surface area contributed by atoms with E-state index in [1.54, 1.807) is 4.90 Å². The van der Waals surface area contributed by atoms with Crippen molar-refractivity contribution in [2.75, 3.05) is 13.1 Å². The second kappa shape index (κ2) is 6.96. The number of ether oxygens (including phenoxy) is 1. The Morgan fingerprint density at radius 1 is 1.25 bits per heavy atom. The van der Waals surface area contributed by atoms with Gasteiger partial charge < -0.3 is 9.64 Å². The van der Waals surface area contributed by atoms with Gasteiger partial charge in [-0.2, -0.15) is 0 Å². The molecule has 0 bridgehead atoms. The number of amides is 1. The van der Waals surface area contributed by atoms with Crippen molar-refractivity contribution in [2.24, 2.45) is 10.4 Å². The molecule has 1 aliphatic heterocycles. The zero-order valence-electron chi connectivity index (χ0n) is 15.8. The molecule has 1 amide bonds. The van der Waals surface area contributed by atoms with Gasteiger partial charge in [0.05, 0.1) is 6.04 Å². The maximum Gasteiger partial charge on any atom is 0.410 e. The third-order valence-corrected chi connectivity index (χ3v) is 4.27. The van der Waals surface area contributed by atoms with Gasteiger partial charge in [-0.3, -0.25) is 4.99 Å². The van der Waals surface area contributed by atoms with E-state index in [-0.39, 0.29) is 17.6 Å². The number of carbonyl (C=O) groups excluding carboxylic acids is 1. The van der Waals surface area contributed by atoms with E-state index >= 15 is 0 Å². The summed E-state index contributed by atoms with van der Waals surface area (Å²) in [5.41, 5.74) is 1.80. The van der Waals surface area contributed by atoms with Crippen LogP contribution in [0.15, 0.2) is 35.3 Å². The van der Waals surface area contributed by atoms with E-state index in [1.165, 1.54) is 11.3 Å². The zero-order chi connectivity index (χ0) is 18.0. The summed E-state index contributed by atoms with van der Waals surface area (Å²) >= 11 is 0. The lowest BCUT2D eigenvalue weighted by Crippen LogP contribution is -2.50. The molecule has 0 spiro atoms. The molecule has 1 heterocycles. The first kappa shape index (κ1) is 18.5. The molecule has 24 heavy (non-hydrogen) atoms. The Morgan fingerprint density at radius 3 is 2.42 bits per heavy atom. The predicted molar refractivity (Wildman–Crippen MR) is 98.5 cm³/mol. The summed E-state index contributed by atoms with van der Waals surface area (Å²) in [6.45, 7) is 13.4. The fraction of sp³-hybridized carbons (Fsp3) is 0.600. The highest BCUT2D eigenvalue weighted by Crippen LogP contribution is 2.30. The molecule has 1 unspecified atom stereocenters. The molecule has 132 valence electrons. The molecule has 1 fully saturated rings. The monoisotopic (exact) mass is 330 g/mol. The van der Waals surface area contributed by atoms with Gasteiger partial charge in [0.25, 0.3) is 0 Å². The Labute approximate surface area is 145 Å². The minimum Gasteiger partial charge on any atom is -0.444 e. The fourth-order valence-electron chi connectivity index (χ4n) is 2.99. The summed E-state index contributed by atoms with van der Waals surface area (Å²) in [6, 6.07) is 10.5. The standard InChI is InChI=1S/C20H30N2O2/c1-15(16-10-8-7-9-11-16)21-17-12-13-22(14-20(17,5)6)18(23)24-19(2,3)4/h7-11,15H,12-14H2,1-6H3/b21-17+. The van der Waals surface area contributed by atoms with Crippen LogP contribution in [0.5, 0.6) is 0 Å². The number of hydrogen-bond acceptors (Lipinski definition) is 3. The number of likely N-dealkylation sites (tertiary alicyclic amines) is 1. The van der Waals surface area contributed by atoms with Crippen LogP contribution in [0.1, 0.15) is 59.6 Å². The number of rotatable bonds is 2. The molecule has 1 aliphatic rings. The summed E-state index contributed by atoms with van der Waals surface area (Å²) in [6.07, 6.45) is 0.564.